The maximum absolute atomic E-state index is 10.2. The molecule has 2 nitrogen and oxygen atoms in total. The van der Waals surface area contributed by atoms with Crippen LogP contribution in [0.25, 0.3) is 0 Å². The van der Waals surface area contributed by atoms with E-state index >= 15 is 0 Å². The minimum atomic E-state index is 0.0833. The van der Waals surface area contributed by atoms with Crippen molar-refractivity contribution in [3.8, 4) is 0 Å². The highest BCUT2D eigenvalue weighted by atomic mass is 16.1. The molecular formula is C7H15NO. The van der Waals surface area contributed by atoms with Gasteiger partial charge in [0.2, 0.25) is 0 Å². The Morgan fingerprint density at radius 3 is 2.56 bits per heavy atom. The first-order valence-electron chi connectivity index (χ1n) is 3.53. The standard InChI is InChI=1S/C7H15NO/c1-3-5-7(6-9)8-4-2/h6-8H,3-5H2,1-2H3. The number of aldehydes is 1. The zero-order valence-electron chi connectivity index (χ0n) is 6.18. The number of rotatable bonds is 5. The van der Waals surface area contributed by atoms with Gasteiger partial charge in [0.15, 0.2) is 0 Å². The molecule has 0 heterocycles. The SMILES string of the molecule is CCCC(C=O)NCC. The first-order valence-corrected chi connectivity index (χ1v) is 3.53. The lowest BCUT2D eigenvalue weighted by Gasteiger charge is -2.07. The molecule has 0 aliphatic rings. The molecule has 0 amide bonds. The van der Waals surface area contributed by atoms with Crippen LogP contribution in [-0.2, 0) is 4.79 Å². The van der Waals surface area contributed by atoms with Crippen molar-refractivity contribution < 1.29 is 4.79 Å². The van der Waals surface area contributed by atoms with Crippen molar-refractivity contribution in [1.29, 1.82) is 0 Å². The summed E-state index contributed by atoms with van der Waals surface area (Å²) < 4.78 is 0. The van der Waals surface area contributed by atoms with Crippen LogP contribution in [-0.4, -0.2) is 18.9 Å². The molecule has 9 heavy (non-hydrogen) atoms. The number of carbonyl (C=O) groups excluding carboxylic acids is 1. The van der Waals surface area contributed by atoms with Gasteiger partial charge in [-0.2, -0.15) is 0 Å². The summed E-state index contributed by atoms with van der Waals surface area (Å²) in [6.45, 7) is 4.96. The van der Waals surface area contributed by atoms with Crippen LogP contribution in [0.1, 0.15) is 26.7 Å². The van der Waals surface area contributed by atoms with Gasteiger partial charge in [0, 0.05) is 0 Å². The van der Waals surface area contributed by atoms with Crippen molar-refractivity contribution in [1.82, 2.24) is 5.32 Å². The summed E-state index contributed by atoms with van der Waals surface area (Å²) in [7, 11) is 0. The zero-order valence-corrected chi connectivity index (χ0v) is 6.18. The van der Waals surface area contributed by atoms with E-state index in [1.807, 2.05) is 6.92 Å². The van der Waals surface area contributed by atoms with Gasteiger partial charge in [0.05, 0.1) is 6.04 Å². The van der Waals surface area contributed by atoms with Crippen molar-refractivity contribution in [3.63, 3.8) is 0 Å². The summed E-state index contributed by atoms with van der Waals surface area (Å²) >= 11 is 0. The Labute approximate surface area is 56.6 Å². The van der Waals surface area contributed by atoms with E-state index in [9.17, 15) is 4.79 Å². The van der Waals surface area contributed by atoms with E-state index in [2.05, 4.69) is 12.2 Å². The normalized spacial score (nSPS) is 13.1. The highest BCUT2D eigenvalue weighted by Crippen LogP contribution is 1.91. The molecule has 0 saturated carbocycles. The van der Waals surface area contributed by atoms with E-state index in [-0.39, 0.29) is 6.04 Å². The van der Waals surface area contributed by atoms with Crippen molar-refractivity contribution in [3.05, 3.63) is 0 Å². The zero-order chi connectivity index (χ0) is 7.11. The van der Waals surface area contributed by atoms with Crippen LogP contribution in [0.5, 0.6) is 0 Å². The van der Waals surface area contributed by atoms with Crippen LogP contribution in [0.3, 0.4) is 0 Å². The molecule has 0 aliphatic carbocycles. The lowest BCUT2D eigenvalue weighted by Crippen LogP contribution is -2.29. The molecule has 0 aromatic heterocycles. The van der Waals surface area contributed by atoms with Crippen LogP contribution in [0.15, 0.2) is 0 Å². The van der Waals surface area contributed by atoms with Crippen LogP contribution in [0.4, 0.5) is 0 Å². The number of carbonyl (C=O) groups is 1. The van der Waals surface area contributed by atoms with Crippen molar-refractivity contribution >= 4 is 6.29 Å². The van der Waals surface area contributed by atoms with Gasteiger partial charge in [-0.3, -0.25) is 0 Å². The topological polar surface area (TPSA) is 29.1 Å². The summed E-state index contributed by atoms with van der Waals surface area (Å²) in [4.78, 5) is 10.2. The monoisotopic (exact) mass is 129 g/mol. The van der Waals surface area contributed by atoms with E-state index < -0.39 is 0 Å². The molecule has 1 unspecified atom stereocenters. The maximum atomic E-state index is 10.2. The molecule has 0 rings (SSSR count). The van der Waals surface area contributed by atoms with Crippen LogP contribution in [0, 0.1) is 0 Å². The highest BCUT2D eigenvalue weighted by Gasteiger charge is 2.00. The van der Waals surface area contributed by atoms with Gasteiger partial charge < -0.3 is 10.1 Å². The predicted octanol–water partition coefficient (Wildman–Crippen LogP) is 0.964. The van der Waals surface area contributed by atoms with Gasteiger partial charge in [0.1, 0.15) is 6.29 Å². The Morgan fingerprint density at radius 2 is 2.22 bits per heavy atom. The predicted molar refractivity (Wildman–Crippen MR) is 38.4 cm³/mol. The molecule has 1 N–H and O–H groups in total. The van der Waals surface area contributed by atoms with Crippen LogP contribution >= 0.6 is 0 Å². The van der Waals surface area contributed by atoms with Crippen LogP contribution < -0.4 is 5.32 Å². The van der Waals surface area contributed by atoms with Gasteiger partial charge in [-0.15, -0.1) is 0 Å². The lowest BCUT2D eigenvalue weighted by atomic mass is 10.2. The summed E-state index contributed by atoms with van der Waals surface area (Å²) in [6, 6.07) is 0.0833. The minimum Gasteiger partial charge on any atom is -0.308 e. The second kappa shape index (κ2) is 5.76. The molecule has 0 spiro atoms. The van der Waals surface area contributed by atoms with Gasteiger partial charge >= 0.3 is 0 Å². The van der Waals surface area contributed by atoms with E-state index in [1.165, 1.54) is 0 Å². The average molecular weight is 129 g/mol. The molecule has 54 valence electrons. The second-order valence-electron chi connectivity index (χ2n) is 2.09. The second-order valence-corrected chi connectivity index (χ2v) is 2.09. The van der Waals surface area contributed by atoms with Gasteiger partial charge in [-0.05, 0) is 13.0 Å². The Morgan fingerprint density at radius 1 is 1.56 bits per heavy atom. The van der Waals surface area contributed by atoms with E-state index in [4.69, 9.17) is 0 Å². The average Bonchev–Trinajstić information content (AvgIpc) is 1.88. The van der Waals surface area contributed by atoms with Crippen molar-refractivity contribution in [2.24, 2.45) is 0 Å². The maximum Gasteiger partial charge on any atom is 0.136 e. The molecule has 2 heteroatoms. The Balaban J connectivity index is 3.29. The summed E-state index contributed by atoms with van der Waals surface area (Å²) in [5.41, 5.74) is 0. The number of likely N-dealkylation sites (N-methyl/N-ethyl adjacent to an activating group) is 1. The number of nitrogens with one attached hydrogen (secondary N) is 1. The Kier molecular flexibility index (Phi) is 5.52. The number of hydrogen-bond acceptors (Lipinski definition) is 2. The van der Waals surface area contributed by atoms with Gasteiger partial charge in [0.25, 0.3) is 0 Å². The molecule has 0 radical (unpaired) electrons. The van der Waals surface area contributed by atoms with Crippen molar-refractivity contribution in [2.45, 2.75) is 32.7 Å². The highest BCUT2D eigenvalue weighted by molar-refractivity contribution is 5.57. The third kappa shape index (κ3) is 4.15. The fraction of sp³-hybridized carbons (Fsp3) is 0.857. The Bertz CT molecular complexity index is 67.3. The molecule has 0 aromatic carbocycles. The number of hydrogen-bond donors (Lipinski definition) is 1. The van der Waals surface area contributed by atoms with E-state index in [1.54, 1.807) is 0 Å². The summed E-state index contributed by atoms with van der Waals surface area (Å²) in [5.74, 6) is 0. The van der Waals surface area contributed by atoms with Gasteiger partial charge in [-0.25, -0.2) is 0 Å². The van der Waals surface area contributed by atoms with E-state index in [0.29, 0.717) is 0 Å². The van der Waals surface area contributed by atoms with Crippen LogP contribution in [0.2, 0.25) is 0 Å². The first-order chi connectivity index (χ1) is 4.35. The largest absolute Gasteiger partial charge is 0.308 e. The molecular weight excluding hydrogens is 114 g/mol. The smallest absolute Gasteiger partial charge is 0.136 e. The summed E-state index contributed by atoms with van der Waals surface area (Å²) in [6.07, 6.45) is 3.00. The third-order valence-corrected chi connectivity index (χ3v) is 1.23. The fourth-order valence-corrected chi connectivity index (χ4v) is 0.791. The van der Waals surface area contributed by atoms with E-state index in [0.717, 1.165) is 25.7 Å². The van der Waals surface area contributed by atoms with Crippen molar-refractivity contribution in [2.75, 3.05) is 6.54 Å². The molecule has 1 atom stereocenters. The molecule has 0 saturated heterocycles. The quantitative estimate of drug-likeness (QED) is 0.560. The van der Waals surface area contributed by atoms with Gasteiger partial charge in [-0.1, -0.05) is 20.3 Å². The Hall–Kier alpha value is -0.370. The molecule has 0 aromatic rings. The minimum absolute atomic E-state index is 0.0833. The first kappa shape index (κ1) is 8.63. The molecule has 0 bridgehead atoms. The lowest BCUT2D eigenvalue weighted by molar-refractivity contribution is -0.109. The molecule has 0 aliphatic heterocycles. The third-order valence-electron chi connectivity index (χ3n) is 1.23. The fourth-order valence-electron chi connectivity index (χ4n) is 0.791. The molecule has 0 fully saturated rings. The summed E-state index contributed by atoms with van der Waals surface area (Å²) in [5, 5.41) is 3.07.